The lowest BCUT2D eigenvalue weighted by molar-refractivity contribution is -0.141. The van der Waals surface area contributed by atoms with Crippen molar-refractivity contribution in [1.29, 1.82) is 0 Å². The zero-order valence-corrected chi connectivity index (χ0v) is 19.8. The monoisotopic (exact) mass is 473 g/mol. The van der Waals surface area contributed by atoms with Crippen LogP contribution in [-0.4, -0.2) is 49.2 Å². The van der Waals surface area contributed by atoms with Crippen LogP contribution < -0.4 is 11.1 Å². The molecule has 1 fully saturated rings. The van der Waals surface area contributed by atoms with Crippen LogP contribution in [0.25, 0.3) is 11.1 Å². The van der Waals surface area contributed by atoms with Gasteiger partial charge in [-0.1, -0.05) is 55.8 Å². The zero-order chi connectivity index (χ0) is 24.3. The number of nitrogens with two attached hydrogens (primary N) is 1. The minimum absolute atomic E-state index is 0.274. The fourth-order valence-corrected chi connectivity index (χ4v) is 5.50. The van der Waals surface area contributed by atoms with E-state index in [2.05, 4.69) is 23.2 Å². The van der Waals surface area contributed by atoms with Crippen LogP contribution in [0, 0.1) is 0 Å². The van der Waals surface area contributed by atoms with Crippen molar-refractivity contribution in [2.45, 2.75) is 63.1 Å². The number of piperidine rings is 1. The minimum atomic E-state index is -4.46. The summed E-state index contributed by atoms with van der Waals surface area (Å²) in [5.74, 6) is -0.566. The number of unbranched alkanes of at least 4 members (excludes halogenated alkanes) is 1. The molecule has 0 saturated carbocycles. The fraction of sp³-hybridized carbons (Fsp3) is 0.519. The Kier molecular flexibility index (Phi) is 7.33. The summed E-state index contributed by atoms with van der Waals surface area (Å²) in [5, 5.41) is 2.22. The molecule has 0 spiro atoms. The second-order valence-electron chi connectivity index (χ2n) is 9.62. The zero-order valence-electron chi connectivity index (χ0n) is 19.8. The molecule has 1 aliphatic carbocycles. The lowest BCUT2D eigenvalue weighted by atomic mass is 9.73. The van der Waals surface area contributed by atoms with Crippen LogP contribution in [0.5, 0.6) is 0 Å². The van der Waals surface area contributed by atoms with Crippen molar-refractivity contribution in [2.24, 2.45) is 5.73 Å². The molecule has 1 unspecified atom stereocenters. The van der Waals surface area contributed by atoms with E-state index in [1.165, 1.54) is 0 Å². The van der Waals surface area contributed by atoms with E-state index in [-0.39, 0.29) is 6.04 Å². The first kappa shape index (κ1) is 24.7. The van der Waals surface area contributed by atoms with Gasteiger partial charge in [-0.2, -0.15) is 13.2 Å². The van der Waals surface area contributed by atoms with E-state index in [4.69, 9.17) is 5.73 Å². The summed E-state index contributed by atoms with van der Waals surface area (Å²) in [6, 6.07) is 14.0. The highest BCUT2D eigenvalue weighted by Gasteiger charge is 2.49. The van der Waals surface area contributed by atoms with Crippen molar-refractivity contribution in [2.75, 3.05) is 26.2 Å². The molecule has 0 aromatic heterocycles. The van der Waals surface area contributed by atoms with Crippen LogP contribution in [0.2, 0.25) is 0 Å². The van der Waals surface area contributed by atoms with Crippen molar-refractivity contribution < 1.29 is 18.0 Å². The van der Waals surface area contributed by atoms with Gasteiger partial charge in [-0.25, -0.2) is 0 Å². The Balaban J connectivity index is 1.62. The number of hydrogen-bond acceptors (Lipinski definition) is 3. The number of rotatable bonds is 8. The largest absolute Gasteiger partial charge is 0.405 e. The third-order valence-electron chi connectivity index (χ3n) is 7.37. The van der Waals surface area contributed by atoms with Crippen LogP contribution in [0.1, 0.15) is 55.7 Å². The maximum atomic E-state index is 13.6. The van der Waals surface area contributed by atoms with Crippen LogP contribution in [0.3, 0.4) is 0 Å². The number of likely N-dealkylation sites (tertiary alicyclic amines) is 1. The number of nitrogens with zero attached hydrogens (tertiary/aromatic N) is 1. The Bertz CT molecular complexity index is 1010. The third kappa shape index (κ3) is 5.01. The summed E-state index contributed by atoms with van der Waals surface area (Å²) < 4.78 is 39.1. The average molecular weight is 474 g/mol. The number of alkyl halides is 3. The topological polar surface area (TPSA) is 58.4 Å². The van der Waals surface area contributed by atoms with Gasteiger partial charge < -0.3 is 16.0 Å². The maximum absolute atomic E-state index is 13.6. The molecule has 0 bridgehead atoms. The van der Waals surface area contributed by atoms with Gasteiger partial charge in [-0.15, -0.1) is 0 Å². The van der Waals surface area contributed by atoms with Crippen molar-refractivity contribution in [3.8, 4) is 11.1 Å². The molecule has 1 heterocycles. The highest BCUT2D eigenvalue weighted by molar-refractivity contribution is 6.00. The molecule has 1 atom stereocenters. The lowest BCUT2D eigenvalue weighted by Crippen LogP contribution is -2.47. The van der Waals surface area contributed by atoms with Gasteiger partial charge in [-0.05, 0) is 79.6 Å². The molecule has 0 radical (unpaired) electrons. The Morgan fingerprint density at radius 3 is 2.50 bits per heavy atom. The predicted octanol–water partition coefficient (Wildman–Crippen LogP) is 4.79. The molecule has 7 heteroatoms. The van der Waals surface area contributed by atoms with Gasteiger partial charge in [0.05, 0.1) is 0 Å². The van der Waals surface area contributed by atoms with E-state index in [1.54, 1.807) is 0 Å². The first-order chi connectivity index (χ1) is 16.2. The number of halogens is 3. The number of carbonyl (C=O) groups is 1. The van der Waals surface area contributed by atoms with Crippen LogP contribution in [-0.2, 0) is 16.6 Å². The Morgan fingerprint density at radius 2 is 1.79 bits per heavy atom. The molecule has 184 valence electrons. The van der Waals surface area contributed by atoms with E-state index in [0.717, 1.165) is 79.6 Å². The number of hydrogen-bond donors (Lipinski definition) is 2. The quantitative estimate of drug-likeness (QED) is 0.542. The van der Waals surface area contributed by atoms with Gasteiger partial charge in [0.1, 0.15) is 12.0 Å². The van der Waals surface area contributed by atoms with Crippen molar-refractivity contribution >= 4 is 5.91 Å². The highest BCUT2D eigenvalue weighted by Crippen LogP contribution is 2.52. The number of benzene rings is 2. The van der Waals surface area contributed by atoms with Crippen molar-refractivity contribution in [3.63, 3.8) is 0 Å². The number of amides is 1. The van der Waals surface area contributed by atoms with E-state index in [1.807, 2.05) is 36.4 Å². The van der Waals surface area contributed by atoms with E-state index < -0.39 is 24.0 Å². The summed E-state index contributed by atoms with van der Waals surface area (Å²) in [7, 11) is 0. The molecule has 34 heavy (non-hydrogen) atoms. The molecular weight excluding hydrogens is 439 g/mol. The van der Waals surface area contributed by atoms with E-state index in [9.17, 15) is 18.0 Å². The standard InChI is InChI=1S/C27H34F3N3O/c1-2-19-9-10-24-22(17-19)21-7-3-4-8-23(21)26(24,25(34)32-18-27(28,29)30)13-5-6-14-33-15-11-20(31)12-16-33/h3-4,7-10,17,20H,2,5-6,11-16,18,31H2,1H3,(H,32,34). The molecule has 1 saturated heterocycles. The average Bonchev–Trinajstić information content (AvgIpc) is 3.11. The Labute approximate surface area is 199 Å². The SMILES string of the molecule is CCc1ccc2c(c1)-c1ccccc1C2(CCCCN1CCC(N)CC1)C(=O)NCC(F)(F)F. The van der Waals surface area contributed by atoms with E-state index in [0.29, 0.717) is 6.42 Å². The highest BCUT2D eigenvalue weighted by atomic mass is 19.4. The van der Waals surface area contributed by atoms with Gasteiger partial charge in [0.15, 0.2) is 0 Å². The second-order valence-corrected chi connectivity index (χ2v) is 9.62. The Hall–Kier alpha value is -2.38. The summed E-state index contributed by atoms with van der Waals surface area (Å²) in [6.45, 7) is 3.61. The van der Waals surface area contributed by atoms with Gasteiger partial charge in [-0.3, -0.25) is 4.79 Å². The van der Waals surface area contributed by atoms with Crippen LogP contribution in [0.4, 0.5) is 13.2 Å². The van der Waals surface area contributed by atoms with Crippen LogP contribution in [0.15, 0.2) is 42.5 Å². The van der Waals surface area contributed by atoms with E-state index >= 15 is 0 Å². The number of nitrogens with one attached hydrogen (secondary N) is 1. The molecule has 2 aliphatic rings. The number of carbonyl (C=O) groups excluding carboxylic acids is 1. The van der Waals surface area contributed by atoms with Crippen molar-refractivity contribution in [1.82, 2.24) is 10.2 Å². The first-order valence-corrected chi connectivity index (χ1v) is 12.3. The third-order valence-corrected chi connectivity index (χ3v) is 7.37. The molecule has 1 aliphatic heterocycles. The molecular formula is C27H34F3N3O. The van der Waals surface area contributed by atoms with Crippen molar-refractivity contribution in [3.05, 3.63) is 59.2 Å². The number of fused-ring (bicyclic) bond motifs is 3. The van der Waals surface area contributed by atoms with Gasteiger partial charge in [0.25, 0.3) is 0 Å². The predicted molar refractivity (Wildman–Crippen MR) is 129 cm³/mol. The van der Waals surface area contributed by atoms with Crippen LogP contribution >= 0.6 is 0 Å². The molecule has 1 amide bonds. The molecule has 2 aromatic rings. The molecule has 2 aromatic carbocycles. The smallest absolute Gasteiger partial charge is 0.346 e. The summed E-state index contributed by atoms with van der Waals surface area (Å²) in [4.78, 5) is 16.0. The first-order valence-electron chi connectivity index (χ1n) is 12.3. The number of aryl methyl sites for hydroxylation is 1. The van der Waals surface area contributed by atoms with Gasteiger partial charge in [0, 0.05) is 6.04 Å². The van der Waals surface area contributed by atoms with Gasteiger partial charge >= 0.3 is 6.18 Å². The summed E-state index contributed by atoms with van der Waals surface area (Å²) >= 11 is 0. The summed E-state index contributed by atoms with van der Waals surface area (Å²) in [6.07, 6.45) is 0.467. The minimum Gasteiger partial charge on any atom is -0.346 e. The van der Waals surface area contributed by atoms with Gasteiger partial charge in [0.2, 0.25) is 5.91 Å². The summed E-state index contributed by atoms with van der Waals surface area (Å²) in [5.41, 5.74) is 9.56. The molecule has 3 N–H and O–H groups in total. The molecule has 4 nitrogen and oxygen atoms in total. The normalized spacial score (nSPS) is 20.7. The lowest BCUT2D eigenvalue weighted by Gasteiger charge is -2.32. The molecule has 4 rings (SSSR count). The second kappa shape index (κ2) is 10.1. The fourth-order valence-electron chi connectivity index (χ4n) is 5.50. The maximum Gasteiger partial charge on any atom is 0.405 e. The Morgan fingerprint density at radius 1 is 1.09 bits per heavy atom.